The summed E-state index contributed by atoms with van der Waals surface area (Å²) in [6, 6.07) is 8.98. The van der Waals surface area contributed by atoms with Gasteiger partial charge in [0.25, 0.3) is 5.91 Å². The van der Waals surface area contributed by atoms with Crippen LogP contribution in [0.5, 0.6) is 11.5 Å². The van der Waals surface area contributed by atoms with Crippen LogP contribution >= 0.6 is 0 Å². The normalized spacial score (nSPS) is 13.4. The summed E-state index contributed by atoms with van der Waals surface area (Å²) < 4.78 is 10.5. The SMILES string of the molecule is COc1ccc(CNC(=O)c2ccc(NCCC3=CCCCC3)nn2)cc1OC. The van der Waals surface area contributed by atoms with Gasteiger partial charge in [0.2, 0.25) is 0 Å². The Morgan fingerprint density at radius 3 is 2.62 bits per heavy atom. The first-order valence-electron chi connectivity index (χ1n) is 9.94. The minimum Gasteiger partial charge on any atom is -0.493 e. The molecule has 0 unspecified atom stereocenters. The van der Waals surface area contributed by atoms with Crippen LogP contribution < -0.4 is 20.1 Å². The third kappa shape index (κ3) is 5.94. The van der Waals surface area contributed by atoms with Crippen LogP contribution in [-0.2, 0) is 6.54 Å². The molecule has 0 fully saturated rings. The highest BCUT2D eigenvalue weighted by molar-refractivity contribution is 5.92. The molecule has 1 heterocycles. The molecule has 1 amide bonds. The van der Waals surface area contributed by atoms with Crippen molar-refractivity contribution in [3.05, 3.63) is 53.2 Å². The first kappa shape index (κ1) is 20.6. The van der Waals surface area contributed by atoms with E-state index >= 15 is 0 Å². The second-order valence-electron chi connectivity index (χ2n) is 6.96. The molecule has 0 bridgehead atoms. The van der Waals surface area contributed by atoms with E-state index in [4.69, 9.17) is 9.47 Å². The van der Waals surface area contributed by atoms with Crippen molar-refractivity contribution < 1.29 is 14.3 Å². The number of ether oxygens (including phenoxy) is 2. The molecule has 2 N–H and O–H groups in total. The molecule has 1 aromatic heterocycles. The van der Waals surface area contributed by atoms with Crippen LogP contribution in [0.3, 0.4) is 0 Å². The van der Waals surface area contributed by atoms with E-state index < -0.39 is 0 Å². The summed E-state index contributed by atoms with van der Waals surface area (Å²) in [5.41, 5.74) is 2.70. The summed E-state index contributed by atoms with van der Waals surface area (Å²) in [6.45, 7) is 1.18. The Bertz CT molecular complexity index is 850. The van der Waals surface area contributed by atoms with Gasteiger partial charge in [-0.1, -0.05) is 17.7 Å². The molecule has 1 aliphatic carbocycles. The second kappa shape index (κ2) is 10.5. The zero-order chi connectivity index (χ0) is 20.5. The van der Waals surface area contributed by atoms with E-state index in [9.17, 15) is 4.79 Å². The third-order valence-electron chi connectivity index (χ3n) is 4.94. The zero-order valence-corrected chi connectivity index (χ0v) is 17.0. The summed E-state index contributed by atoms with van der Waals surface area (Å²) in [5.74, 6) is 1.68. The average Bonchev–Trinajstić information content (AvgIpc) is 2.78. The van der Waals surface area contributed by atoms with Crippen LogP contribution in [0.4, 0.5) is 5.82 Å². The Morgan fingerprint density at radius 2 is 1.93 bits per heavy atom. The van der Waals surface area contributed by atoms with Gasteiger partial charge in [-0.15, -0.1) is 10.2 Å². The molecule has 1 aliphatic rings. The van der Waals surface area contributed by atoms with Crippen molar-refractivity contribution in [2.75, 3.05) is 26.1 Å². The third-order valence-corrected chi connectivity index (χ3v) is 4.94. The number of nitrogens with one attached hydrogen (secondary N) is 2. The lowest BCUT2D eigenvalue weighted by molar-refractivity contribution is 0.0945. The van der Waals surface area contributed by atoms with Crippen molar-refractivity contribution in [1.82, 2.24) is 15.5 Å². The van der Waals surface area contributed by atoms with E-state index in [2.05, 4.69) is 26.9 Å². The quantitative estimate of drug-likeness (QED) is 0.628. The molecule has 7 nitrogen and oxygen atoms in total. The molecule has 0 spiro atoms. The summed E-state index contributed by atoms with van der Waals surface area (Å²) in [7, 11) is 3.17. The van der Waals surface area contributed by atoms with E-state index in [0.717, 1.165) is 18.5 Å². The van der Waals surface area contributed by atoms with Gasteiger partial charge in [-0.3, -0.25) is 4.79 Å². The number of aromatic nitrogens is 2. The van der Waals surface area contributed by atoms with Gasteiger partial charge in [0.05, 0.1) is 14.2 Å². The molecule has 29 heavy (non-hydrogen) atoms. The predicted octanol–water partition coefficient (Wildman–Crippen LogP) is 3.73. The molecular weight excluding hydrogens is 368 g/mol. The Hall–Kier alpha value is -3.09. The van der Waals surface area contributed by atoms with Gasteiger partial charge in [0.15, 0.2) is 17.2 Å². The topological polar surface area (TPSA) is 85.4 Å². The monoisotopic (exact) mass is 396 g/mol. The highest BCUT2D eigenvalue weighted by Gasteiger charge is 2.10. The van der Waals surface area contributed by atoms with Gasteiger partial charge < -0.3 is 20.1 Å². The second-order valence-corrected chi connectivity index (χ2v) is 6.96. The average molecular weight is 396 g/mol. The largest absolute Gasteiger partial charge is 0.493 e. The fraction of sp³-hybridized carbons (Fsp3) is 0.409. The maximum atomic E-state index is 12.3. The molecular formula is C22H28N4O3. The molecule has 0 atom stereocenters. The van der Waals surface area contributed by atoms with Crippen LogP contribution in [0.2, 0.25) is 0 Å². The first-order valence-corrected chi connectivity index (χ1v) is 9.94. The minimum atomic E-state index is -0.272. The number of benzene rings is 1. The number of rotatable bonds is 9. The van der Waals surface area contributed by atoms with Crippen molar-refractivity contribution in [3.8, 4) is 11.5 Å². The number of hydrogen-bond acceptors (Lipinski definition) is 6. The molecule has 154 valence electrons. The number of carbonyl (C=O) groups is 1. The van der Waals surface area contributed by atoms with E-state index in [1.165, 1.54) is 31.3 Å². The highest BCUT2D eigenvalue weighted by Crippen LogP contribution is 2.27. The number of amides is 1. The van der Waals surface area contributed by atoms with Gasteiger partial charge >= 0.3 is 0 Å². The summed E-state index contributed by atoms with van der Waals surface area (Å²) in [4.78, 5) is 12.3. The number of carbonyl (C=O) groups excluding carboxylic acids is 1. The molecule has 0 saturated carbocycles. The fourth-order valence-electron chi connectivity index (χ4n) is 3.29. The van der Waals surface area contributed by atoms with Crippen LogP contribution in [0.25, 0.3) is 0 Å². The van der Waals surface area contributed by atoms with Crippen LogP contribution in [0.15, 0.2) is 42.0 Å². The maximum absolute atomic E-state index is 12.3. The van der Waals surface area contributed by atoms with Crippen molar-refractivity contribution in [1.29, 1.82) is 0 Å². The predicted molar refractivity (Wildman–Crippen MR) is 112 cm³/mol. The molecule has 2 aromatic rings. The Kier molecular flexibility index (Phi) is 7.44. The zero-order valence-electron chi connectivity index (χ0n) is 17.0. The van der Waals surface area contributed by atoms with Crippen molar-refractivity contribution in [2.45, 2.75) is 38.6 Å². The van der Waals surface area contributed by atoms with Gasteiger partial charge in [0, 0.05) is 13.1 Å². The fourth-order valence-corrected chi connectivity index (χ4v) is 3.29. The lowest BCUT2D eigenvalue weighted by Gasteiger charge is -2.13. The van der Waals surface area contributed by atoms with Crippen molar-refractivity contribution in [2.24, 2.45) is 0 Å². The first-order chi connectivity index (χ1) is 14.2. The van der Waals surface area contributed by atoms with E-state index in [1.807, 2.05) is 18.2 Å². The number of anilines is 1. The number of nitrogens with zero attached hydrogens (tertiary/aromatic N) is 2. The maximum Gasteiger partial charge on any atom is 0.272 e. The number of hydrogen-bond donors (Lipinski definition) is 2. The lowest BCUT2D eigenvalue weighted by atomic mass is 9.97. The van der Waals surface area contributed by atoms with Gasteiger partial charge in [0.1, 0.15) is 5.82 Å². The van der Waals surface area contributed by atoms with Gasteiger partial charge in [-0.25, -0.2) is 0 Å². The Balaban J connectivity index is 1.48. The van der Waals surface area contributed by atoms with Crippen molar-refractivity contribution in [3.63, 3.8) is 0 Å². The number of methoxy groups -OCH3 is 2. The summed E-state index contributed by atoms with van der Waals surface area (Å²) in [6.07, 6.45) is 8.36. The van der Waals surface area contributed by atoms with Crippen LogP contribution in [0, 0.1) is 0 Å². The van der Waals surface area contributed by atoms with Crippen LogP contribution in [-0.4, -0.2) is 36.9 Å². The smallest absolute Gasteiger partial charge is 0.272 e. The molecule has 1 aromatic carbocycles. The van der Waals surface area contributed by atoms with Gasteiger partial charge in [-0.2, -0.15) is 0 Å². The summed E-state index contributed by atoms with van der Waals surface area (Å²) in [5, 5.41) is 14.3. The molecule has 7 heteroatoms. The minimum absolute atomic E-state index is 0.272. The Labute approximate surface area is 171 Å². The van der Waals surface area contributed by atoms with E-state index in [1.54, 1.807) is 26.4 Å². The molecule has 0 saturated heterocycles. The highest BCUT2D eigenvalue weighted by atomic mass is 16.5. The summed E-state index contributed by atoms with van der Waals surface area (Å²) >= 11 is 0. The van der Waals surface area contributed by atoms with Gasteiger partial charge in [-0.05, 0) is 61.9 Å². The molecule has 0 aliphatic heterocycles. The van der Waals surface area contributed by atoms with E-state index in [-0.39, 0.29) is 11.6 Å². The Morgan fingerprint density at radius 1 is 1.07 bits per heavy atom. The van der Waals surface area contributed by atoms with E-state index in [0.29, 0.717) is 23.9 Å². The standard InChI is InChI=1S/C22H28N4O3/c1-28-19-10-8-17(14-20(19)29-2)15-24-22(27)18-9-11-21(26-25-18)23-13-12-16-6-4-3-5-7-16/h6,8-11,14H,3-5,7,12-13,15H2,1-2H3,(H,23,26)(H,24,27). The molecule has 3 rings (SSSR count). The van der Waals surface area contributed by atoms with Crippen molar-refractivity contribution >= 4 is 11.7 Å². The molecule has 0 radical (unpaired) electrons. The lowest BCUT2D eigenvalue weighted by Crippen LogP contribution is -2.24. The number of allylic oxidation sites excluding steroid dienone is 1. The van der Waals surface area contributed by atoms with Crippen LogP contribution in [0.1, 0.15) is 48.2 Å².